The van der Waals surface area contributed by atoms with Crippen molar-refractivity contribution in [3.63, 3.8) is 0 Å². The average molecular weight is 218 g/mol. The number of hydrogen-bond acceptors (Lipinski definition) is 3. The third-order valence-electron chi connectivity index (χ3n) is 1.81. The lowest BCUT2D eigenvalue weighted by atomic mass is 10.3. The molecule has 0 aromatic carbocycles. The smallest absolute Gasteiger partial charge is 0.241 e. The van der Waals surface area contributed by atoms with Crippen molar-refractivity contribution in [3.8, 4) is 0 Å². The molecule has 0 heterocycles. The van der Waals surface area contributed by atoms with Gasteiger partial charge in [-0.15, -0.1) is 0 Å². The van der Waals surface area contributed by atoms with Gasteiger partial charge in [-0.05, 0) is 6.42 Å². The van der Waals surface area contributed by atoms with Crippen LogP contribution in [0.15, 0.2) is 0 Å². The molecule has 0 atom stereocenters. The molecule has 0 radical (unpaired) electrons. The van der Waals surface area contributed by atoms with Crippen LogP contribution < -0.4 is 0 Å². The van der Waals surface area contributed by atoms with Gasteiger partial charge in [-0.1, -0.05) is 6.92 Å². The Morgan fingerprint density at radius 3 is 2.14 bits per heavy atom. The van der Waals surface area contributed by atoms with Gasteiger partial charge >= 0.3 is 0 Å². The molecule has 0 saturated heterocycles. The van der Waals surface area contributed by atoms with Gasteiger partial charge in [0.25, 0.3) is 0 Å². The van der Waals surface area contributed by atoms with E-state index in [4.69, 9.17) is 0 Å². The first-order chi connectivity index (χ1) is 6.52. The molecule has 0 N–H and O–H groups in total. The SMILES string of the molecule is CCCN(CC(=O)N(C)C)C(=O)CS. The van der Waals surface area contributed by atoms with Gasteiger partial charge in [0.05, 0.1) is 12.3 Å². The molecular formula is C9H18N2O2S. The van der Waals surface area contributed by atoms with Crippen LogP contribution in [0.3, 0.4) is 0 Å². The summed E-state index contributed by atoms with van der Waals surface area (Å²) in [4.78, 5) is 25.7. The largest absolute Gasteiger partial charge is 0.347 e. The van der Waals surface area contributed by atoms with Crippen LogP contribution in [0, 0.1) is 0 Å². The van der Waals surface area contributed by atoms with Crippen molar-refractivity contribution in [2.24, 2.45) is 0 Å². The molecule has 0 aliphatic rings. The molecular weight excluding hydrogens is 200 g/mol. The summed E-state index contributed by atoms with van der Waals surface area (Å²) in [5, 5.41) is 0. The first kappa shape index (κ1) is 13.3. The van der Waals surface area contributed by atoms with Crippen molar-refractivity contribution in [1.29, 1.82) is 0 Å². The number of likely N-dealkylation sites (N-methyl/N-ethyl adjacent to an activating group) is 1. The van der Waals surface area contributed by atoms with E-state index in [1.807, 2.05) is 6.92 Å². The van der Waals surface area contributed by atoms with Crippen LogP contribution in [0.1, 0.15) is 13.3 Å². The van der Waals surface area contributed by atoms with Crippen LogP contribution in [0.5, 0.6) is 0 Å². The minimum atomic E-state index is -0.0922. The van der Waals surface area contributed by atoms with Crippen LogP contribution in [0.25, 0.3) is 0 Å². The van der Waals surface area contributed by atoms with E-state index >= 15 is 0 Å². The molecule has 0 rings (SSSR count). The molecule has 82 valence electrons. The summed E-state index contributed by atoms with van der Waals surface area (Å²) in [6, 6.07) is 0. The number of thiol groups is 1. The van der Waals surface area contributed by atoms with E-state index in [2.05, 4.69) is 12.6 Å². The molecule has 0 saturated carbocycles. The third kappa shape index (κ3) is 4.50. The fourth-order valence-corrected chi connectivity index (χ4v) is 1.17. The summed E-state index contributed by atoms with van der Waals surface area (Å²) in [5.41, 5.74) is 0. The number of amides is 2. The van der Waals surface area contributed by atoms with E-state index in [9.17, 15) is 9.59 Å². The van der Waals surface area contributed by atoms with Gasteiger partial charge < -0.3 is 9.80 Å². The molecule has 0 fully saturated rings. The zero-order chi connectivity index (χ0) is 11.1. The highest BCUT2D eigenvalue weighted by molar-refractivity contribution is 7.81. The van der Waals surface area contributed by atoms with E-state index < -0.39 is 0 Å². The Balaban J connectivity index is 4.22. The van der Waals surface area contributed by atoms with Crippen LogP contribution >= 0.6 is 12.6 Å². The Hall–Kier alpha value is -0.710. The summed E-state index contributed by atoms with van der Waals surface area (Å²) < 4.78 is 0. The van der Waals surface area contributed by atoms with Gasteiger partial charge in [0, 0.05) is 20.6 Å². The van der Waals surface area contributed by atoms with Gasteiger partial charge in [-0.3, -0.25) is 9.59 Å². The number of hydrogen-bond donors (Lipinski definition) is 1. The van der Waals surface area contributed by atoms with Crippen LogP contribution in [0.4, 0.5) is 0 Å². The molecule has 0 spiro atoms. The van der Waals surface area contributed by atoms with Gasteiger partial charge in [-0.2, -0.15) is 12.6 Å². The summed E-state index contributed by atoms with van der Waals surface area (Å²) in [6.07, 6.45) is 0.847. The van der Waals surface area contributed by atoms with Crippen molar-refractivity contribution in [2.45, 2.75) is 13.3 Å². The number of carbonyl (C=O) groups excluding carboxylic acids is 2. The van der Waals surface area contributed by atoms with Crippen molar-refractivity contribution in [3.05, 3.63) is 0 Å². The highest BCUT2D eigenvalue weighted by Gasteiger charge is 2.15. The number of nitrogens with zero attached hydrogens (tertiary/aromatic N) is 2. The molecule has 4 nitrogen and oxygen atoms in total. The van der Waals surface area contributed by atoms with Crippen LogP contribution in [0.2, 0.25) is 0 Å². The Labute approximate surface area is 90.7 Å². The first-order valence-corrected chi connectivity index (χ1v) is 5.25. The zero-order valence-electron chi connectivity index (χ0n) is 8.99. The topological polar surface area (TPSA) is 40.6 Å². The Bertz CT molecular complexity index is 205. The normalized spacial score (nSPS) is 9.71. The van der Waals surface area contributed by atoms with Crippen molar-refractivity contribution < 1.29 is 9.59 Å². The number of rotatable bonds is 5. The lowest BCUT2D eigenvalue weighted by Crippen LogP contribution is -2.41. The maximum Gasteiger partial charge on any atom is 0.241 e. The van der Waals surface area contributed by atoms with Crippen molar-refractivity contribution in [1.82, 2.24) is 9.80 Å². The molecule has 5 heteroatoms. The van der Waals surface area contributed by atoms with Gasteiger partial charge in [0.15, 0.2) is 0 Å². The molecule has 0 aromatic rings. The van der Waals surface area contributed by atoms with Gasteiger partial charge in [0.1, 0.15) is 0 Å². The van der Waals surface area contributed by atoms with E-state index in [0.717, 1.165) is 6.42 Å². The van der Waals surface area contributed by atoms with E-state index in [-0.39, 0.29) is 24.1 Å². The average Bonchev–Trinajstić information content (AvgIpc) is 2.15. The van der Waals surface area contributed by atoms with Gasteiger partial charge in [0.2, 0.25) is 11.8 Å². The maximum atomic E-state index is 11.4. The standard InChI is InChI=1S/C9H18N2O2S/c1-4-5-11(9(13)7-14)6-8(12)10(2)3/h14H,4-7H2,1-3H3. The molecule has 2 amide bonds. The van der Waals surface area contributed by atoms with E-state index in [0.29, 0.717) is 6.54 Å². The Morgan fingerprint density at radius 2 is 1.79 bits per heavy atom. The summed E-state index contributed by atoms with van der Waals surface area (Å²) in [6.45, 7) is 2.73. The molecule has 0 aliphatic carbocycles. The minimum absolute atomic E-state index is 0.0615. The predicted octanol–water partition coefficient (Wildman–Crippen LogP) is 0.243. The Morgan fingerprint density at radius 1 is 1.21 bits per heavy atom. The first-order valence-electron chi connectivity index (χ1n) is 4.61. The third-order valence-corrected chi connectivity index (χ3v) is 2.08. The highest BCUT2D eigenvalue weighted by atomic mass is 32.1. The zero-order valence-corrected chi connectivity index (χ0v) is 9.88. The minimum Gasteiger partial charge on any atom is -0.347 e. The molecule has 0 unspecified atom stereocenters. The van der Waals surface area contributed by atoms with Crippen LogP contribution in [-0.4, -0.2) is 54.6 Å². The molecule has 0 aliphatic heterocycles. The summed E-state index contributed by atoms with van der Waals surface area (Å²) in [5.74, 6) is -0.000254. The van der Waals surface area contributed by atoms with E-state index in [1.165, 1.54) is 9.80 Å². The quantitative estimate of drug-likeness (QED) is 0.672. The molecule has 0 aromatic heterocycles. The lowest BCUT2D eigenvalue weighted by molar-refractivity contribution is -0.137. The van der Waals surface area contributed by atoms with Gasteiger partial charge in [-0.25, -0.2) is 0 Å². The highest BCUT2D eigenvalue weighted by Crippen LogP contribution is 1.96. The Kier molecular flexibility index (Phi) is 6.36. The maximum absolute atomic E-state index is 11.4. The second-order valence-electron chi connectivity index (χ2n) is 3.26. The lowest BCUT2D eigenvalue weighted by Gasteiger charge is -2.22. The monoisotopic (exact) mass is 218 g/mol. The van der Waals surface area contributed by atoms with Crippen LogP contribution in [-0.2, 0) is 9.59 Å². The fraction of sp³-hybridized carbons (Fsp3) is 0.778. The predicted molar refractivity (Wildman–Crippen MR) is 59.4 cm³/mol. The molecule has 0 bridgehead atoms. The van der Waals surface area contributed by atoms with E-state index in [1.54, 1.807) is 14.1 Å². The summed E-state index contributed by atoms with van der Waals surface area (Å²) >= 11 is 3.91. The van der Waals surface area contributed by atoms with Crippen molar-refractivity contribution >= 4 is 24.4 Å². The molecule has 14 heavy (non-hydrogen) atoms. The number of carbonyl (C=O) groups is 2. The second kappa shape index (κ2) is 6.70. The fourth-order valence-electron chi connectivity index (χ4n) is 0.967. The van der Waals surface area contributed by atoms with Crippen molar-refractivity contribution in [2.75, 3.05) is 32.9 Å². The summed E-state index contributed by atoms with van der Waals surface area (Å²) in [7, 11) is 3.36. The second-order valence-corrected chi connectivity index (χ2v) is 3.58.